The maximum absolute atomic E-state index is 13.5. The van der Waals surface area contributed by atoms with Gasteiger partial charge in [-0.1, -0.05) is 22.9 Å². The number of anilines is 1. The van der Waals surface area contributed by atoms with Crippen LogP contribution in [-0.4, -0.2) is 16.5 Å². The van der Waals surface area contributed by atoms with Gasteiger partial charge in [0.25, 0.3) is 0 Å². The first-order chi connectivity index (χ1) is 10.2. The Labute approximate surface area is 132 Å². The van der Waals surface area contributed by atoms with Crippen molar-refractivity contribution in [2.75, 3.05) is 11.9 Å². The van der Waals surface area contributed by atoms with Crippen molar-refractivity contribution in [3.63, 3.8) is 0 Å². The summed E-state index contributed by atoms with van der Waals surface area (Å²) in [4.78, 5) is 9.28. The zero-order chi connectivity index (χ0) is 14.8. The minimum Gasteiger partial charge on any atom is -0.370 e. The van der Waals surface area contributed by atoms with Gasteiger partial charge >= 0.3 is 0 Å². The highest BCUT2D eigenvalue weighted by molar-refractivity contribution is 9.10. The van der Waals surface area contributed by atoms with Gasteiger partial charge in [-0.3, -0.25) is 0 Å². The van der Waals surface area contributed by atoms with E-state index < -0.39 is 0 Å². The number of nitrogens with one attached hydrogen (secondary N) is 1. The van der Waals surface area contributed by atoms with E-state index in [-0.39, 0.29) is 5.82 Å². The summed E-state index contributed by atoms with van der Waals surface area (Å²) in [6.45, 7) is 3.01. The highest BCUT2D eigenvalue weighted by Gasteiger charge is 2.20. The van der Waals surface area contributed by atoms with E-state index in [1.165, 1.54) is 17.7 Å². The normalized spacial score (nSPS) is 13.3. The van der Waals surface area contributed by atoms with Crippen LogP contribution in [0.15, 0.2) is 22.7 Å². The summed E-state index contributed by atoms with van der Waals surface area (Å²) in [6.07, 6.45) is 4.14. The summed E-state index contributed by atoms with van der Waals surface area (Å²) in [5.41, 5.74) is 3.01. The predicted octanol–water partition coefficient (Wildman–Crippen LogP) is 4.36. The lowest BCUT2D eigenvalue weighted by Gasteiger charge is -2.12. The molecule has 0 spiro atoms. The Balaban J connectivity index is 2.08. The van der Waals surface area contributed by atoms with Gasteiger partial charge in [0.1, 0.15) is 11.6 Å². The van der Waals surface area contributed by atoms with Crippen LogP contribution in [0.4, 0.5) is 10.2 Å². The van der Waals surface area contributed by atoms with Crippen molar-refractivity contribution >= 4 is 21.7 Å². The summed E-state index contributed by atoms with van der Waals surface area (Å²) in [5.74, 6) is 1.21. The van der Waals surface area contributed by atoms with Crippen LogP contribution >= 0.6 is 15.9 Å². The van der Waals surface area contributed by atoms with Crippen LogP contribution in [0, 0.1) is 5.82 Å². The molecular weight excluding hydrogens is 333 g/mol. The number of nitrogens with zero attached hydrogens (tertiary/aromatic N) is 2. The molecule has 0 saturated heterocycles. The number of benzene rings is 1. The lowest BCUT2D eigenvalue weighted by Crippen LogP contribution is -2.08. The molecule has 0 atom stereocenters. The first-order valence-corrected chi connectivity index (χ1v) is 8.07. The number of rotatable bonds is 4. The van der Waals surface area contributed by atoms with Gasteiger partial charge in [0, 0.05) is 27.8 Å². The van der Waals surface area contributed by atoms with Gasteiger partial charge in [-0.25, -0.2) is 14.4 Å². The average molecular weight is 350 g/mol. The third kappa shape index (κ3) is 2.93. The van der Waals surface area contributed by atoms with Crippen molar-refractivity contribution in [3.05, 3.63) is 39.7 Å². The minimum absolute atomic E-state index is 0.277. The minimum atomic E-state index is -0.277. The number of aromatic nitrogens is 2. The molecule has 0 fully saturated rings. The van der Waals surface area contributed by atoms with Crippen LogP contribution in [0.5, 0.6) is 0 Å². The fraction of sp³-hybridized carbons (Fsp3) is 0.375. The smallest absolute Gasteiger partial charge is 0.163 e. The molecule has 1 aromatic heterocycles. The van der Waals surface area contributed by atoms with E-state index in [0.717, 1.165) is 48.2 Å². The van der Waals surface area contributed by atoms with Gasteiger partial charge in [0.15, 0.2) is 5.82 Å². The summed E-state index contributed by atoms with van der Waals surface area (Å²) >= 11 is 3.46. The van der Waals surface area contributed by atoms with Crippen molar-refractivity contribution in [1.82, 2.24) is 9.97 Å². The third-order valence-corrected chi connectivity index (χ3v) is 4.34. The van der Waals surface area contributed by atoms with Gasteiger partial charge in [-0.05, 0) is 43.9 Å². The second-order valence-corrected chi connectivity index (χ2v) is 6.08. The largest absolute Gasteiger partial charge is 0.370 e. The van der Waals surface area contributed by atoms with Gasteiger partial charge in [0.05, 0.1) is 0 Å². The van der Waals surface area contributed by atoms with Crippen LogP contribution in [0.2, 0.25) is 0 Å². The quantitative estimate of drug-likeness (QED) is 0.891. The molecule has 2 aromatic rings. The highest BCUT2D eigenvalue weighted by Crippen LogP contribution is 2.32. The number of fused-ring (bicyclic) bond motifs is 1. The molecule has 0 unspecified atom stereocenters. The molecular formula is C16H17BrFN3. The van der Waals surface area contributed by atoms with E-state index in [9.17, 15) is 4.39 Å². The molecule has 1 aliphatic carbocycles. The van der Waals surface area contributed by atoms with Crippen LogP contribution < -0.4 is 5.32 Å². The van der Waals surface area contributed by atoms with Crippen LogP contribution in [0.25, 0.3) is 11.4 Å². The van der Waals surface area contributed by atoms with Crippen LogP contribution in [0.1, 0.15) is 31.0 Å². The number of halogens is 2. The summed E-state index contributed by atoms with van der Waals surface area (Å²) in [7, 11) is 0. The zero-order valence-electron chi connectivity index (χ0n) is 11.9. The molecule has 21 heavy (non-hydrogen) atoms. The fourth-order valence-electron chi connectivity index (χ4n) is 2.61. The number of aryl methyl sites for hydroxylation is 1. The Morgan fingerprint density at radius 3 is 2.95 bits per heavy atom. The molecule has 1 aliphatic rings. The maximum atomic E-state index is 13.5. The Kier molecular flexibility index (Phi) is 4.19. The van der Waals surface area contributed by atoms with Crippen molar-refractivity contribution in [3.8, 4) is 11.4 Å². The van der Waals surface area contributed by atoms with Gasteiger partial charge in [-0.15, -0.1) is 0 Å². The Morgan fingerprint density at radius 1 is 1.29 bits per heavy atom. The second kappa shape index (κ2) is 6.10. The van der Waals surface area contributed by atoms with E-state index >= 15 is 0 Å². The van der Waals surface area contributed by atoms with E-state index in [4.69, 9.17) is 0 Å². The van der Waals surface area contributed by atoms with Crippen molar-refractivity contribution in [2.24, 2.45) is 0 Å². The highest BCUT2D eigenvalue weighted by atomic mass is 79.9. The van der Waals surface area contributed by atoms with Gasteiger partial charge in [0.2, 0.25) is 0 Å². The lowest BCUT2D eigenvalue weighted by molar-refractivity contribution is 0.628. The van der Waals surface area contributed by atoms with E-state index in [1.807, 2.05) is 0 Å². The van der Waals surface area contributed by atoms with Crippen LogP contribution in [-0.2, 0) is 12.8 Å². The third-order valence-electron chi connectivity index (χ3n) is 3.64. The summed E-state index contributed by atoms with van der Waals surface area (Å²) < 4.78 is 14.3. The van der Waals surface area contributed by atoms with E-state index in [0.29, 0.717) is 11.4 Å². The molecule has 0 saturated carbocycles. The average Bonchev–Trinajstić information content (AvgIpc) is 2.95. The molecule has 1 heterocycles. The topological polar surface area (TPSA) is 37.8 Å². The van der Waals surface area contributed by atoms with Gasteiger partial charge in [-0.2, -0.15) is 0 Å². The molecule has 5 heteroatoms. The SMILES string of the molecule is CCCNc1nc(-c2cc(F)ccc2Br)nc2c1CCC2. The Bertz CT molecular complexity index is 673. The van der Waals surface area contributed by atoms with E-state index in [2.05, 4.69) is 38.1 Å². The predicted molar refractivity (Wildman–Crippen MR) is 85.9 cm³/mol. The fourth-order valence-corrected chi connectivity index (χ4v) is 3.04. The first-order valence-electron chi connectivity index (χ1n) is 7.28. The number of hydrogen-bond acceptors (Lipinski definition) is 3. The second-order valence-electron chi connectivity index (χ2n) is 5.23. The summed E-state index contributed by atoms with van der Waals surface area (Å²) in [6, 6.07) is 4.60. The molecule has 0 bridgehead atoms. The molecule has 3 rings (SSSR count). The summed E-state index contributed by atoms with van der Waals surface area (Å²) in [5, 5.41) is 3.38. The number of hydrogen-bond donors (Lipinski definition) is 1. The molecule has 0 radical (unpaired) electrons. The molecule has 0 amide bonds. The monoisotopic (exact) mass is 349 g/mol. The molecule has 0 aliphatic heterocycles. The van der Waals surface area contributed by atoms with Crippen molar-refractivity contribution < 1.29 is 4.39 Å². The maximum Gasteiger partial charge on any atom is 0.163 e. The molecule has 110 valence electrons. The van der Waals surface area contributed by atoms with E-state index in [1.54, 1.807) is 6.07 Å². The molecule has 1 aromatic carbocycles. The first kappa shape index (κ1) is 14.4. The van der Waals surface area contributed by atoms with Crippen molar-refractivity contribution in [2.45, 2.75) is 32.6 Å². The lowest BCUT2D eigenvalue weighted by atomic mass is 10.1. The van der Waals surface area contributed by atoms with Crippen molar-refractivity contribution in [1.29, 1.82) is 0 Å². The Hall–Kier alpha value is -1.49. The van der Waals surface area contributed by atoms with Crippen LogP contribution in [0.3, 0.4) is 0 Å². The Morgan fingerprint density at radius 2 is 2.14 bits per heavy atom. The zero-order valence-corrected chi connectivity index (χ0v) is 13.5. The molecule has 1 N–H and O–H groups in total. The standard InChI is InChI=1S/C16H17BrFN3/c1-2-8-19-15-11-4-3-5-14(11)20-16(21-15)12-9-10(18)6-7-13(12)17/h6-7,9H,2-5,8H2,1H3,(H,19,20,21). The van der Waals surface area contributed by atoms with Gasteiger partial charge < -0.3 is 5.32 Å². The molecule has 3 nitrogen and oxygen atoms in total.